The number of carboxylic acid groups (broad SMARTS) is 1. The quantitative estimate of drug-likeness (QED) is 0.773. The summed E-state index contributed by atoms with van der Waals surface area (Å²) >= 11 is 0. The van der Waals surface area contributed by atoms with Crippen LogP contribution in [0.3, 0.4) is 0 Å². The largest absolute Gasteiger partial charge is 0.483 e. The van der Waals surface area contributed by atoms with Crippen molar-refractivity contribution in [2.45, 2.75) is 57.0 Å². The van der Waals surface area contributed by atoms with Crippen LogP contribution < -0.4 is 0 Å². The molecule has 0 unspecified atom stereocenters. The lowest BCUT2D eigenvalue weighted by Crippen LogP contribution is -2.40. The van der Waals surface area contributed by atoms with Gasteiger partial charge in [0.05, 0.1) is 6.54 Å². The fraction of sp³-hybridized carbons (Fsp3) is 0.850. The summed E-state index contributed by atoms with van der Waals surface area (Å²) < 4.78 is 7.65. The Morgan fingerprint density at radius 1 is 1.11 bits per heavy atom. The first kappa shape index (κ1) is 19.8. The molecule has 4 heterocycles. The Hall–Kier alpha value is -1.51. The molecule has 2 bridgehead atoms. The number of fused-ring (bicyclic) bond motifs is 3. The van der Waals surface area contributed by atoms with E-state index >= 15 is 0 Å². The molecule has 4 aliphatic rings. The van der Waals surface area contributed by atoms with Gasteiger partial charge in [-0.3, -0.25) is 14.6 Å². The minimum atomic E-state index is -0.250. The van der Waals surface area contributed by atoms with Gasteiger partial charge in [0, 0.05) is 64.3 Å². The average molecular weight is 392 g/mol. The van der Waals surface area contributed by atoms with E-state index in [9.17, 15) is 0 Å². The lowest BCUT2D eigenvalue weighted by molar-refractivity contribution is -0.122. The Balaban J connectivity index is 0.000000604. The topological polar surface area (TPSA) is 83.7 Å². The molecule has 3 aliphatic heterocycles. The van der Waals surface area contributed by atoms with Crippen molar-refractivity contribution in [3.05, 3.63) is 11.6 Å². The highest BCUT2D eigenvalue weighted by atomic mass is 16.5. The molecule has 1 aromatic heterocycles. The number of aromatic nitrogens is 3. The van der Waals surface area contributed by atoms with E-state index in [1.807, 2.05) is 0 Å². The van der Waals surface area contributed by atoms with Gasteiger partial charge in [0.15, 0.2) is 5.82 Å². The highest BCUT2D eigenvalue weighted by Crippen LogP contribution is 2.37. The molecule has 5 rings (SSSR count). The molecule has 2 atom stereocenters. The van der Waals surface area contributed by atoms with Crippen molar-refractivity contribution < 1.29 is 14.6 Å². The highest BCUT2D eigenvalue weighted by Gasteiger charge is 2.37. The van der Waals surface area contributed by atoms with Crippen molar-refractivity contribution in [1.29, 1.82) is 0 Å². The second-order valence-electron chi connectivity index (χ2n) is 8.52. The van der Waals surface area contributed by atoms with Gasteiger partial charge < -0.3 is 9.84 Å². The summed E-state index contributed by atoms with van der Waals surface area (Å²) in [5.41, 5.74) is 0. The van der Waals surface area contributed by atoms with E-state index in [2.05, 4.69) is 14.5 Å². The highest BCUT2D eigenvalue weighted by molar-refractivity contribution is 5.32. The van der Waals surface area contributed by atoms with Crippen LogP contribution in [0.4, 0.5) is 0 Å². The SMILES string of the molecule is C1CC(c2nc3n(n2)CCN(CCN2C[C@H]4CC[C@@H]2C4)CC3)CCO1.O=CO. The van der Waals surface area contributed by atoms with Gasteiger partial charge in [0.25, 0.3) is 6.47 Å². The first-order chi connectivity index (χ1) is 13.8. The second-order valence-corrected chi connectivity index (χ2v) is 8.52. The molecule has 0 aromatic carbocycles. The number of hydrogen-bond acceptors (Lipinski definition) is 6. The number of carbonyl (C=O) groups is 1. The van der Waals surface area contributed by atoms with Gasteiger partial charge in [-0.25, -0.2) is 9.67 Å². The van der Waals surface area contributed by atoms with Crippen LogP contribution in [0.5, 0.6) is 0 Å². The van der Waals surface area contributed by atoms with Gasteiger partial charge in [-0.2, -0.15) is 5.10 Å². The predicted octanol–water partition coefficient (Wildman–Crippen LogP) is 1.22. The molecule has 2 saturated heterocycles. The fourth-order valence-corrected chi connectivity index (χ4v) is 5.29. The van der Waals surface area contributed by atoms with Crippen molar-refractivity contribution in [1.82, 2.24) is 24.6 Å². The van der Waals surface area contributed by atoms with E-state index < -0.39 is 0 Å². The van der Waals surface area contributed by atoms with Gasteiger partial charge >= 0.3 is 0 Å². The molecule has 28 heavy (non-hydrogen) atoms. The number of rotatable bonds is 4. The zero-order chi connectivity index (χ0) is 19.3. The Morgan fingerprint density at radius 2 is 1.93 bits per heavy atom. The third-order valence-electron chi connectivity index (χ3n) is 6.86. The van der Waals surface area contributed by atoms with E-state index in [0.29, 0.717) is 5.92 Å². The maximum atomic E-state index is 8.36. The van der Waals surface area contributed by atoms with E-state index in [1.54, 1.807) is 0 Å². The summed E-state index contributed by atoms with van der Waals surface area (Å²) in [6.07, 6.45) is 7.59. The van der Waals surface area contributed by atoms with E-state index in [4.69, 9.17) is 24.7 Å². The number of likely N-dealkylation sites (tertiary alicyclic amines) is 1. The summed E-state index contributed by atoms with van der Waals surface area (Å²) in [5, 5.41) is 11.7. The smallest absolute Gasteiger partial charge is 0.290 e. The third-order valence-corrected chi connectivity index (χ3v) is 6.86. The lowest BCUT2D eigenvalue weighted by atomic mass is 10.00. The molecule has 3 fully saturated rings. The molecule has 1 saturated carbocycles. The minimum absolute atomic E-state index is 0.250. The molecular formula is C20H33N5O3. The summed E-state index contributed by atoms with van der Waals surface area (Å²) in [5.74, 6) is 3.78. The van der Waals surface area contributed by atoms with Crippen LogP contribution in [0.1, 0.15) is 49.7 Å². The van der Waals surface area contributed by atoms with Crippen molar-refractivity contribution in [2.75, 3.05) is 45.9 Å². The number of nitrogens with zero attached hydrogens (tertiary/aromatic N) is 5. The second kappa shape index (κ2) is 9.33. The molecule has 1 aliphatic carbocycles. The van der Waals surface area contributed by atoms with Crippen molar-refractivity contribution in [3.8, 4) is 0 Å². The van der Waals surface area contributed by atoms with Crippen LogP contribution >= 0.6 is 0 Å². The fourth-order valence-electron chi connectivity index (χ4n) is 5.29. The Bertz CT molecular complexity index is 620. The van der Waals surface area contributed by atoms with Crippen LogP contribution in [0.2, 0.25) is 0 Å². The molecule has 1 N–H and O–H groups in total. The van der Waals surface area contributed by atoms with E-state index in [1.165, 1.54) is 44.7 Å². The maximum Gasteiger partial charge on any atom is 0.290 e. The monoisotopic (exact) mass is 391 g/mol. The zero-order valence-electron chi connectivity index (χ0n) is 16.7. The minimum Gasteiger partial charge on any atom is -0.483 e. The summed E-state index contributed by atoms with van der Waals surface area (Å²) in [6, 6.07) is 0.899. The normalized spacial score (nSPS) is 28.4. The third kappa shape index (κ3) is 4.55. The van der Waals surface area contributed by atoms with Gasteiger partial charge in [0.2, 0.25) is 0 Å². The van der Waals surface area contributed by atoms with Crippen molar-refractivity contribution >= 4 is 6.47 Å². The van der Waals surface area contributed by atoms with Crippen LogP contribution in [0, 0.1) is 5.92 Å². The first-order valence-electron chi connectivity index (χ1n) is 10.8. The van der Waals surface area contributed by atoms with Gasteiger partial charge in [-0.15, -0.1) is 0 Å². The zero-order valence-corrected chi connectivity index (χ0v) is 16.7. The number of ether oxygens (including phenoxy) is 1. The van der Waals surface area contributed by atoms with Crippen LogP contribution in [-0.2, 0) is 22.5 Å². The standard InChI is InChI=1S/C19H31N5O.CH2O2/c1-2-17-13-15(1)14-23(17)9-7-22-6-3-18-20-19(21-24(18)10-8-22)16-4-11-25-12-5-16;2-1-3/h15-17H,1-14H2;1H,(H,2,3)/t15-,17+;/m0./s1. The molecule has 8 heteroatoms. The maximum absolute atomic E-state index is 8.36. The Kier molecular flexibility index (Phi) is 6.59. The summed E-state index contributed by atoms with van der Waals surface area (Å²) in [4.78, 5) is 18.6. The lowest BCUT2D eigenvalue weighted by Gasteiger charge is -2.29. The van der Waals surface area contributed by atoms with E-state index in [-0.39, 0.29) is 6.47 Å². The van der Waals surface area contributed by atoms with Gasteiger partial charge in [-0.05, 0) is 38.0 Å². The molecule has 0 amide bonds. The van der Waals surface area contributed by atoms with Crippen LogP contribution in [0.25, 0.3) is 0 Å². The van der Waals surface area contributed by atoms with Gasteiger partial charge in [0.1, 0.15) is 5.82 Å². The molecular weight excluding hydrogens is 358 g/mol. The Morgan fingerprint density at radius 3 is 2.64 bits per heavy atom. The summed E-state index contributed by atoms with van der Waals surface area (Å²) in [6.45, 7) is 8.54. The average Bonchev–Trinajstić information content (AvgIpc) is 3.42. The summed E-state index contributed by atoms with van der Waals surface area (Å²) in [7, 11) is 0. The molecule has 0 radical (unpaired) electrons. The first-order valence-corrected chi connectivity index (χ1v) is 10.8. The van der Waals surface area contributed by atoms with Crippen LogP contribution in [-0.4, -0.2) is 88.1 Å². The van der Waals surface area contributed by atoms with E-state index in [0.717, 1.165) is 69.9 Å². The predicted molar refractivity (Wildman–Crippen MR) is 104 cm³/mol. The number of piperidine rings is 1. The van der Waals surface area contributed by atoms with Crippen molar-refractivity contribution in [2.24, 2.45) is 5.92 Å². The number of hydrogen-bond donors (Lipinski definition) is 1. The Labute approximate surface area is 166 Å². The molecule has 1 aromatic rings. The van der Waals surface area contributed by atoms with Crippen LogP contribution in [0.15, 0.2) is 0 Å². The van der Waals surface area contributed by atoms with Gasteiger partial charge in [-0.1, -0.05) is 0 Å². The molecule has 8 nitrogen and oxygen atoms in total. The molecule has 0 spiro atoms. The molecule has 156 valence electrons. The van der Waals surface area contributed by atoms with Crippen molar-refractivity contribution in [3.63, 3.8) is 0 Å².